The second-order valence-electron chi connectivity index (χ2n) is 5.10. The molecule has 0 aliphatic carbocycles. The van der Waals surface area contributed by atoms with E-state index in [0.29, 0.717) is 5.56 Å². The van der Waals surface area contributed by atoms with Crippen molar-refractivity contribution in [3.63, 3.8) is 0 Å². The minimum atomic E-state index is -0.373. The molecule has 1 amide bonds. The van der Waals surface area contributed by atoms with Crippen LogP contribution in [0.4, 0.5) is 0 Å². The molecule has 1 aliphatic heterocycles. The van der Waals surface area contributed by atoms with E-state index in [2.05, 4.69) is 10.5 Å². The minimum Gasteiger partial charge on any atom is -0.290 e. The lowest BCUT2D eigenvalue weighted by Gasteiger charge is -2.09. The number of rotatable bonds is 3. The lowest BCUT2D eigenvalue weighted by atomic mass is 10.1. The van der Waals surface area contributed by atoms with E-state index < -0.39 is 0 Å². The van der Waals surface area contributed by atoms with Gasteiger partial charge in [0.15, 0.2) is 0 Å². The molecule has 2 heterocycles. The molecule has 0 spiro atoms. The number of hydrogen-bond donors (Lipinski definition) is 2. The van der Waals surface area contributed by atoms with Crippen molar-refractivity contribution in [2.24, 2.45) is 5.84 Å². The van der Waals surface area contributed by atoms with Gasteiger partial charge in [-0.2, -0.15) is 5.10 Å². The average molecular weight is 287 g/mol. The molecule has 7 heteroatoms. The molecule has 3 N–H and O–H groups in total. The minimum absolute atomic E-state index is 0.118. The largest absolute Gasteiger partial charge is 0.346 e. The Labute approximate surface area is 121 Å². The Morgan fingerprint density at radius 3 is 2.90 bits per heavy atom. The normalized spacial score (nSPS) is 13.8. The Morgan fingerprint density at radius 1 is 1.33 bits per heavy atom. The van der Waals surface area contributed by atoms with Crippen LogP contribution in [0.3, 0.4) is 0 Å². The molecule has 7 nitrogen and oxygen atoms in total. The Bertz CT molecular complexity index is 731. The number of benzene rings is 1. The van der Waals surface area contributed by atoms with Crippen LogP contribution in [0, 0.1) is 0 Å². The molecule has 2 aromatic rings. The van der Waals surface area contributed by atoms with Gasteiger partial charge in [0.25, 0.3) is 5.91 Å². The number of nitrogens with two attached hydrogens (primary N) is 1. The third-order valence-corrected chi connectivity index (χ3v) is 3.74. The van der Waals surface area contributed by atoms with E-state index >= 15 is 0 Å². The highest BCUT2D eigenvalue weighted by Crippen LogP contribution is 2.12. The summed E-state index contributed by atoms with van der Waals surface area (Å²) in [5.41, 5.74) is 3.18. The van der Waals surface area contributed by atoms with E-state index in [9.17, 15) is 9.59 Å². The summed E-state index contributed by atoms with van der Waals surface area (Å²) in [5, 5.41) is 4.38. The maximum atomic E-state index is 12.3. The molecule has 0 radical (unpaired) electrons. The van der Waals surface area contributed by atoms with Gasteiger partial charge in [0.1, 0.15) is 5.82 Å². The standard InChI is InChI=1S/C14H17N5O2/c15-16-13(20)11-6-2-1-5-10(11)9-19-14(21)18-8-4-3-7-12(18)17-19/h1-2,5-6H,3-4,7-9,15H2,(H,16,20). The van der Waals surface area contributed by atoms with Crippen molar-refractivity contribution >= 4 is 5.91 Å². The van der Waals surface area contributed by atoms with Crippen molar-refractivity contribution in [2.45, 2.75) is 32.4 Å². The van der Waals surface area contributed by atoms with Crippen molar-refractivity contribution in [3.8, 4) is 0 Å². The molecule has 0 bridgehead atoms. The highest BCUT2D eigenvalue weighted by Gasteiger charge is 2.18. The lowest BCUT2D eigenvalue weighted by molar-refractivity contribution is 0.0952. The summed E-state index contributed by atoms with van der Waals surface area (Å²) in [6.45, 7) is 0.988. The number of nitrogen functional groups attached to an aromatic ring is 1. The van der Waals surface area contributed by atoms with Crippen LogP contribution < -0.4 is 17.0 Å². The number of aryl methyl sites for hydroxylation is 1. The molecule has 0 atom stereocenters. The Kier molecular flexibility index (Phi) is 3.57. The zero-order valence-corrected chi connectivity index (χ0v) is 11.6. The van der Waals surface area contributed by atoms with Gasteiger partial charge in [-0.05, 0) is 24.5 Å². The first-order valence-electron chi connectivity index (χ1n) is 6.96. The summed E-state index contributed by atoms with van der Waals surface area (Å²) < 4.78 is 3.14. The maximum Gasteiger partial charge on any atom is 0.346 e. The molecule has 110 valence electrons. The number of hydrazine groups is 1. The van der Waals surface area contributed by atoms with Crippen LogP contribution >= 0.6 is 0 Å². The van der Waals surface area contributed by atoms with Crippen molar-refractivity contribution < 1.29 is 4.79 Å². The summed E-state index contributed by atoms with van der Waals surface area (Å²) in [6, 6.07) is 7.06. The summed E-state index contributed by atoms with van der Waals surface area (Å²) >= 11 is 0. The first kappa shape index (κ1) is 13.6. The van der Waals surface area contributed by atoms with Gasteiger partial charge in [0, 0.05) is 18.5 Å². The van der Waals surface area contributed by atoms with E-state index in [1.165, 1.54) is 4.68 Å². The second kappa shape index (κ2) is 5.53. The van der Waals surface area contributed by atoms with Gasteiger partial charge >= 0.3 is 5.69 Å². The number of nitrogens with one attached hydrogen (secondary N) is 1. The zero-order valence-electron chi connectivity index (χ0n) is 11.6. The van der Waals surface area contributed by atoms with Gasteiger partial charge in [0.2, 0.25) is 0 Å². The summed E-state index contributed by atoms with van der Waals surface area (Å²) in [4.78, 5) is 24.1. The fraction of sp³-hybridized carbons (Fsp3) is 0.357. The highest BCUT2D eigenvalue weighted by atomic mass is 16.2. The number of fused-ring (bicyclic) bond motifs is 1. The molecule has 1 aromatic carbocycles. The summed E-state index contributed by atoms with van der Waals surface area (Å²) in [7, 11) is 0. The number of aromatic nitrogens is 3. The third-order valence-electron chi connectivity index (χ3n) is 3.74. The first-order valence-corrected chi connectivity index (χ1v) is 6.96. The number of nitrogens with zero attached hydrogens (tertiary/aromatic N) is 3. The van der Waals surface area contributed by atoms with Gasteiger partial charge < -0.3 is 0 Å². The number of carbonyl (C=O) groups excluding carboxylic acids is 1. The Morgan fingerprint density at radius 2 is 2.14 bits per heavy atom. The van der Waals surface area contributed by atoms with E-state index in [-0.39, 0.29) is 18.1 Å². The molecule has 0 fully saturated rings. The van der Waals surface area contributed by atoms with Crippen LogP contribution in [0.2, 0.25) is 0 Å². The van der Waals surface area contributed by atoms with E-state index in [1.54, 1.807) is 22.8 Å². The van der Waals surface area contributed by atoms with Crippen LogP contribution in [0.5, 0.6) is 0 Å². The topological polar surface area (TPSA) is 94.9 Å². The smallest absolute Gasteiger partial charge is 0.290 e. The Balaban J connectivity index is 1.96. The molecule has 1 aromatic heterocycles. The summed E-state index contributed by atoms with van der Waals surface area (Å²) in [5.74, 6) is 5.64. The predicted octanol–water partition coefficient (Wildman–Crippen LogP) is 0.0329. The quantitative estimate of drug-likeness (QED) is 0.473. The van der Waals surface area contributed by atoms with Crippen LogP contribution in [-0.4, -0.2) is 20.3 Å². The fourth-order valence-corrected chi connectivity index (χ4v) is 2.67. The van der Waals surface area contributed by atoms with Crippen LogP contribution in [0.15, 0.2) is 29.1 Å². The lowest BCUT2D eigenvalue weighted by Crippen LogP contribution is -2.32. The number of hydrogen-bond acceptors (Lipinski definition) is 4. The summed E-state index contributed by atoms with van der Waals surface area (Å²) in [6.07, 6.45) is 2.89. The van der Waals surface area contributed by atoms with E-state index in [4.69, 9.17) is 5.84 Å². The van der Waals surface area contributed by atoms with E-state index in [1.807, 2.05) is 6.07 Å². The van der Waals surface area contributed by atoms with Gasteiger partial charge in [-0.25, -0.2) is 15.3 Å². The van der Waals surface area contributed by atoms with Gasteiger partial charge in [0.05, 0.1) is 6.54 Å². The van der Waals surface area contributed by atoms with Gasteiger partial charge in [-0.1, -0.05) is 18.2 Å². The van der Waals surface area contributed by atoms with Crippen molar-refractivity contribution in [3.05, 3.63) is 51.7 Å². The predicted molar refractivity (Wildman–Crippen MR) is 76.6 cm³/mol. The van der Waals surface area contributed by atoms with Gasteiger partial charge in [-0.3, -0.25) is 14.8 Å². The molecule has 21 heavy (non-hydrogen) atoms. The fourth-order valence-electron chi connectivity index (χ4n) is 2.67. The van der Waals surface area contributed by atoms with Crippen molar-refractivity contribution in [1.82, 2.24) is 19.8 Å². The van der Waals surface area contributed by atoms with Gasteiger partial charge in [-0.15, -0.1) is 0 Å². The molecular formula is C14H17N5O2. The molecule has 0 unspecified atom stereocenters. The Hall–Kier alpha value is -2.41. The molecular weight excluding hydrogens is 270 g/mol. The third kappa shape index (κ3) is 2.47. The maximum absolute atomic E-state index is 12.3. The molecule has 0 saturated carbocycles. The molecule has 3 rings (SSSR count). The first-order chi connectivity index (χ1) is 10.2. The molecule has 1 aliphatic rings. The van der Waals surface area contributed by atoms with Crippen molar-refractivity contribution in [2.75, 3.05) is 0 Å². The average Bonchev–Trinajstić information content (AvgIpc) is 2.84. The second-order valence-corrected chi connectivity index (χ2v) is 5.10. The van der Waals surface area contributed by atoms with E-state index in [0.717, 1.165) is 37.2 Å². The monoisotopic (exact) mass is 287 g/mol. The van der Waals surface area contributed by atoms with Crippen LogP contribution in [0.25, 0.3) is 0 Å². The van der Waals surface area contributed by atoms with Crippen LogP contribution in [-0.2, 0) is 19.5 Å². The SMILES string of the molecule is NNC(=O)c1ccccc1Cn1nc2n(c1=O)CCCC2. The van der Waals surface area contributed by atoms with Crippen molar-refractivity contribution in [1.29, 1.82) is 0 Å². The highest BCUT2D eigenvalue weighted by molar-refractivity contribution is 5.95. The number of carbonyl (C=O) groups is 1. The van der Waals surface area contributed by atoms with Crippen LogP contribution in [0.1, 0.15) is 34.6 Å². The zero-order chi connectivity index (χ0) is 14.8. The number of amides is 1. The molecule has 0 saturated heterocycles.